The quantitative estimate of drug-likeness (QED) is 0.851. The molecule has 0 aliphatic carbocycles. The predicted octanol–water partition coefficient (Wildman–Crippen LogP) is 3.32. The Morgan fingerprint density at radius 1 is 1.17 bits per heavy atom. The Bertz CT molecular complexity index is 834. The number of nitrogens with zero attached hydrogens (tertiary/aromatic N) is 1. The number of ether oxygens (including phenoxy) is 1. The van der Waals surface area contributed by atoms with Crippen LogP contribution in [0.5, 0.6) is 5.75 Å². The second kappa shape index (κ2) is 6.53. The summed E-state index contributed by atoms with van der Waals surface area (Å²) in [6, 6.07) is 11.7. The van der Waals surface area contributed by atoms with Crippen LogP contribution in [0.4, 0.5) is 4.39 Å². The summed E-state index contributed by atoms with van der Waals surface area (Å²) < 4.78 is 45.5. The number of rotatable bonds is 4. The van der Waals surface area contributed by atoms with Crippen molar-refractivity contribution in [3.05, 3.63) is 59.4 Å². The van der Waals surface area contributed by atoms with Crippen LogP contribution < -0.4 is 4.74 Å². The summed E-state index contributed by atoms with van der Waals surface area (Å²) in [4.78, 5) is 0.150. The van der Waals surface area contributed by atoms with E-state index in [0.717, 1.165) is 17.7 Å². The van der Waals surface area contributed by atoms with E-state index in [-0.39, 0.29) is 10.8 Å². The summed E-state index contributed by atoms with van der Waals surface area (Å²) in [5.41, 5.74) is 1.44. The van der Waals surface area contributed by atoms with Gasteiger partial charge in [-0.3, -0.25) is 0 Å². The molecule has 0 amide bonds. The SMILES string of the molecule is COc1ccc(C2CCN(S(=O)(=O)c3ccc(F)c(C)c3)C2)cc1. The lowest BCUT2D eigenvalue weighted by molar-refractivity contribution is 0.414. The molecule has 4 nitrogen and oxygen atoms in total. The van der Waals surface area contributed by atoms with E-state index < -0.39 is 15.8 Å². The van der Waals surface area contributed by atoms with Crippen LogP contribution in [0.3, 0.4) is 0 Å². The van der Waals surface area contributed by atoms with Crippen LogP contribution in [-0.4, -0.2) is 32.9 Å². The Labute approximate surface area is 141 Å². The maximum Gasteiger partial charge on any atom is 0.243 e. The topological polar surface area (TPSA) is 46.6 Å². The van der Waals surface area contributed by atoms with Gasteiger partial charge in [0.2, 0.25) is 10.0 Å². The van der Waals surface area contributed by atoms with Gasteiger partial charge in [-0.2, -0.15) is 4.31 Å². The van der Waals surface area contributed by atoms with E-state index in [1.54, 1.807) is 14.0 Å². The van der Waals surface area contributed by atoms with Crippen molar-refractivity contribution in [3.63, 3.8) is 0 Å². The minimum absolute atomic E-state index is 0.150. The first-order chi connectivity index (χ1) is 11.4. The highest BCUT2D eigenvalue weighted by molar-refractivity contribution is 7.89. The van der Waals surface area contributed by atoms with Gasteiger partial charge in [0, 0.05) is 13.1 Å². The van der Waals surface area contributed by atoms with Crippen LogP contribution in [0.1, 0.15) is 23.5 Å². The number of methoxy groups -OCH3 is 1. The Morgan fingerprint density at radius 3 is 2.50 bits per heavy atom. The van der Waals surface area contributed by atoms with E-state index in [1.807, 2.05) is 24.3 Å². The highest BCUT2D eigenvalue weighted by Crippen LogP contribution is 2.32. The van der Waals surface area contributed by atoms with Crippen molar-refractivity contribution < 1.29 is 17.5 Å². The molecule has 0 radical (unpaired) electrons. The highest BCUT2D eigenvalue weighted by Gasteiger charge is 2.33. The molecule has 2 aromatic rings. The maximum atomic E-state index is 13.4. The van der Waals surface area contributed by atoms with Crippen LogP contribution in [-0.2, 0) is 10.0 Å². The fourth-order valence-electron chi connectivity index (χ4n) is 3.02. The molecule has 1 aliphatic rings. The van der Waals surface area contributed by atoms with E-state index in [9.17, 15) is 12.8 Å². The second-order valence-corrected chi connectivity index (χ2v) is 7.97. The number of hydrogen-bond donors (Lipinski definition) is 0. The average molecular weight is 349 g/mol. The van der Waals surface area contributed by atoms with Gasteiger partial charge in [0.1, 0.15) is 11.6 Å². The highest BCUT2D eigenvalue weighted by atomic mass is 32.2. The summed E-state index contributed by atoms with van der Waals surface area (Å²) in [6.45, 7) is 2.47. The van der Waals surface area contributed by atoms with Gasteiger partial charge in [-0.1, -0.05) is 12.1 Å². The maximum absolute atomic E-state index is 13.4. The van der Waals surface area contributed by atoms with Crippen molar-refractivity contribution in [3.8, 4) is 5.75 Å². The van der Waals surface area contributed by atoms with Gasteiger partial charge in [0.15, 0.2) is 0 Å². The monoisotopic (exact) mass is 349 g/mol. The summed E-state index contributed by atoms with van der Waals surface area (Å²) in [6.07, 6.45) is 0.770. The molecule has 3 rings (SSSR count). The van der Waals surface area contributed by atoms with Gasteiger partial charge >= 0.3 is 0 Å². The van der Waals surface area contributed by atoms with Gasteiger partial charge in [0.25, 0.3) is 0 Å². The minimum atomic E-state index is -3.59. The van der Waals surface area contributed by atoms with Crippen LogP contribution in [0.2, 0.25) is 0 Å². The van der Waals surface area contributed by atoms with Crippen molar-refractivity contribution in [2.24, 2.45) is 0 Å². The van der Waals surface area contributed by atoms with Crippen LogP contribution >= 0.6 is 0 Å². The lowest BCUT2D eigenvalue weighted by Gasteiger charge is -2.17. The molecule has 6 heteroatoms. The lowest BCUT2D eigenvalue weighted by atomic mass is 9.99. The van der Waals surface area contributed by atoms with E-state index in [0.29, 0.717) is 18.7 Å². The zero-order chi connectivity index (χ0) is 17.3. The number of halogens is 1. The third-order valence-corrected chi connectivity index (χ3v) is 6.37. The Hall–Kier alpha value is -1.92. The van der Waals surface area contributed by atoms with Crippen molar-refractivity contribution in [1.82, 2.24) is 4.31 Å². The molecule has 1 aliphatic heterocycles. The number of sulfonamides is 1. The fourth-order valence-corrected chi connectivity index (χ4v) is 4.61. The molecule has 2 aromatic carbocycles. The molecule has 128 valence electrons. The zero-order valence-corrected chi connectivity index (χ0v) is 14.5. The molecule has 1 heterocycles. The summed E-state index contributed by atoms with van der Waals surface area (Å²) >= 11 is 0. The molecule has 0 N–H and O–H groups in total. The molecule has 24 heavy (non-hydrogen) atoms. The molecule has 0 saturated carbocycles. The van der Waals surface area contributed by atoms with Crippen molar-refractivity contribution in [2.45, 2.75) is 24.2 Å². The molecule has 1 unspecified atom stereocenters. The first-order valence-corrected chi connectivity index (χ1v) is 9.26. The summed E-state index contributed by atoms with van der Waals surface area (Å²) in [7, 11) is -1.98. The molecule has 0 spiro atoms. The van der Waals surface area contributed by atoms with Crippen molar-refractivity contribution >= 4 is 10.0 Å². The van der Waals surface area contributed by atoms with E-state index in [4.69, 9.17) is 4.74 Å². The summed E-state index contributed by atoms with van der Waals surface area (Å²) in [5.74, 6) is 0.543. The first-order valence-electron chi connectivity index (χ1n) is 7.82. The minimum Gasteiger partial charge on any atom is -0.497 e. The standard InChI is InChI=1S/C18H20FNO3S/c1-13-11-17(7-8-18(13)19)24(21,22)20-10-9-15(12-20)14-3-5-16(23-2)6-4-14/h3-8,11,15H,9-10,12H2,1-2H3. The van der Waals surface area contributed by atoms with E-state index in [1.165, 1.54) is 22.5 Å². The van der Waals surface area contributed by atoms with Crippen molar-refractivity contribution in [1.29, 1.82) is 0 Å². The van der Waals surface area contributed by atoms with Gasteiger partial charge in [0.05, 0.1) is 12.0 Å². The fraction of sp³-hybridized carbons (Fsp3) is 0.333. The third-order valence-electron chi connectivity index (χ3n) is 4.51. The van der Waals surface area contributed by atoms with Gasteiger partial charge in [-0.05, 0) is 60.7 Å². The molecule has 0 bridgehead atoms. The molecular formula is C18H20FNO3S. The molecule has 1 saturated heterocycles. The van der Waals surface area contributed by atoms with Crippen molar-refractivity contribution in [2.75, 3.05) is 20.2 Å². The number of benzene rings is 2. The molecule has 1 fully saturated rings. The smallest absolute Gasteiger partial charge is 0.243 e. The Balaban J connectivity index is 1.79. The Morgan fingerprint density at radius 2 is 1.88 bits per heavy atom. The predicted molar refractivity (Wildman–Crippen MR) is 90.2 cm³/mol. The lowest BCUT2D eigenvalue weighted by Crippen LogP contribution is -2.28. The second-order valence-electron chi connectivity index (χ2n) is 6.03. The average Bonchev–Trinajstić information content (AvgIpc) is 3.08. The van der Waals surface area contributed by atoms with Gasteiger partial charge < -0.3 is 4.74 Å². The van der Waals surface area contributed by atoms with Gasteiger partial charge in [-0.15, -0.1) is 0 Å². The van der Waals surface area contributed by atoms with Crippen LogP contribution in [0.25, 0.3) is 0 Å². The molecule has 1 atom stereocenters. The largest absolute Gasteiger partial charge is 0.497 e. The number of hydrogen-bond acceptors (Lipinski definition) is 3. The number of aryl methyl sites for hydroxylation is 1. The first kappa shape index (κ1) is 16.9. The molecular weight excluding hydrogens is 329 g/mol. The van der Waals surface area contributed by atoms with Gasteiger partial charge in [-0.25, -0.2) is 12.8 Å². The Kier molecular flexibility index (Phi) is 4.60. The molecule has 0 aromatic heterocycles. The zero-order valence-electron chi connectivity index (χ0n) is 13.7. The summed E-state index contributed by atoms with van der Waals surface area (Å²) in [5, 5.41) is 0. The van der Waals surface area contributed by atoms with E-state index in [2.05, 4.69) is 0 Å². The van der Waals surface area contributed by atoms with E-state index >= 15 is 0 Å². The van der Waals surface area contributed by atoms with Crippen LogP contribution in [0, 0.1) is 12.7 Å². The normalized spacial score (nSPS) is 18.7. The third kappa shape index (κ3) is 3.16. The van der Waals surface area contributed by atoms with Crippen LogP contribution in [0.15, 0.2) is 47.4 Å².